The van der Waals surface area contributed by atoms with E-state index in [0.29, 0.717) is 37.4 Å². The van der Waals surface area contributed by atoms with E-state index in [9.17, 15) is 19.7 Å². The molecule has 0 saturated carbocycles. The number of nitro groups is 1. The number of rotatable bonds is 7. The lowest BCUT2D eigenvalue weighted by atomic mass is 10.2. The van der Waals surface area contributed by atoms with E-state index in [1.807, 2.05) is 0 Å². The molecule has 0 atom stereocenters. The SMILES string of the molecule is Cc1c(C(=O)NCCCn2nc3n(c2=O)CCCC3)nnn1-c1cccc([N+](=O)[O-])c1. The van der Waals surface area contributed by atoms with Crippen LogP contribution in [-0.4, -0.2) is 46.7 Å². The minimum absolute atomic E-state index is 0.0744. The molecule has 3 heterocycles. The number of nitro benzene ring substituents is 1. The predicted octanol–water partition coefficient (Wildman–Crippen LogP) is 0.999. The largest absolute Gasteiger partial charge is 0.351 e. The van der Waals surface area contributed by atoms with Crippen LogP contribution in [0.5, 0.6) is 0 Å². The Kier molecular flexibility index (Phi) is 5.60. The first-order valence-corrected chi connectivity index (χ1v) is 10.1. The molecule has 0 saturated heterocycles. The standard InChI is InChI=1S/C19H22N8O4/c1-13-17(21-23-26(13)14-6-4-7-15(12-14)27(30)31)18(28)20-9-5-11-25-19(29)24-10-3-2-8-16(24)22-25/h4,6-7,12H,2-3,5,8-11H2,1H3,(H,20,28). The van der Waals surface area contributed by atoms with E-state index < -0.39 is 10.8 Å². The fourth-order valence-corrected chi connectivity index (χ4v) is 3.63. The molecule has 2 aromatic heterocycles. The highest BCUT2D eigenvalue weighted by Crippen LogP contribution is 2.18. The van der Waals surface area contributed by atoms with Gasteiger partial charge in [-0.3, -0.25) is 19.5 Å². The van der Waals surface area contributed by atoms with Crippen molar-refractivity contribution in [1.82, 2.24) is 34.7 Å². The summed E-state index contributed by atoms with van der Waals surface area (Å²) in [7, 11) is 0. The summed E-state index contributed by atoms with van der Waals surface area (Å²) < 4.78 is 4.56. The topological polar surface area (TPSA) is 143 Å². The Hall–Kier alpha value is -3.83. The van der Waals surface area contributed by atoms with Gasteiger partial charge < -0.3 is 5.32 Å². The molecule has 0 aliphatic carbocycles. The maximum absolute atomic E-state index is 12.5. The number of carbonyl (C=O) groups excluding carboxylic acids is 1. The average molecular weight is 426 g/mol. The van der Waals surface area contributed by atoms with Crippen molar-refractivity contribution in [3.8, 4) is 5.69 Å². The lowest BCUT2D eigenvalue weighted by molar-refractivity contribution is -0.384. The summed E-state index contributed by atoms with van der Waals surface area (Å²) in [6.45, 7) is 3.14. The smallest absolute Gasteiger partial charge is 0.345 e. The van der Waals surface area contributed by atoms with E-state index in [1.165, 1.54) is 21.5 Å². The third-order valence-corrected chi connectivity index (χ3v) is 5.26. The molecule has 1 amide bonds. The first-order valence-electron chi connectivity index (χ1n) is 10.1. The van der Waals surface area contributed by atoms with E-state index in [-0.39, 0.29) is 17.1 Å². The van der Waals surface area contributed by atoms with Gasteiger partial charge in [0.25, 0.3) is 11.6 Å². The van der Waals surface area contributed by atoms with Crippen LogP contribution < -0.4 is 11.0 Å². The van der Waals surface area contributed by atoms with Crippen LogP contribution in [0.1, 0.15) is 41.3 Å². The number of carbonyl (C=O) groups is 1. The number of aromatic nitrogens is 6. The van der Waals surface area contributed by atoms with Crippen LogP contribution in [-0.2, 0) is 19.5 Å². The van der Waals surface area contributed by atoms with Gasteiger partial charge in [0, 0.05) is 38.2 Å². The van der Waals surface area contributed by atoms with Crippen molar-refractivity contribution in [3.05, 3.63) is 62.1 Å². The molecule has 31 heavy (non-hydrogen) atoms. The Labute approximate surface area is 176 Å². The van der Waals surface area contributed by atoms with Gasteiger partial charge in [0.2, 0.25) is 0 Å². The molecule has 0 fully saturated rings. The second kappa shape index (κ2) is 8.50. The van der Waals surface area contributed by atoms with Crippen molar-refractivity contribution in [2.24, 2.45) is 0 Å². The monoisotopic (exact) mass is 426 g/mol. The fourth-order valence-electron chi connectivity index (χ4n) is 3.63. The summed E-state index contributed by atoms with van der Waals surface area (Å²) in [5, 5.41) is 26.0. The van der Waals surface area contributed by atoms with Crippen molar-refractivity contribution in [2.75, 3.05) is 6.54 Å². The molecule has 0 radical (unpaired) electrons. The van der Waals surface area contributed by atoms with Crippen molar-refractivity contribution >= 4 is 11.6 Å². The zero-order valence-electron chi connectivity index (χ0n) is 17.0. The molecule has 0 spiro atoms. The Bertz CT molecular complexity index is 1190. The number of nitrogens with zero attached hydrogens (tertiary/aromatic N) is 7. The molecular weight excluding hydrogens is 404 g/mol. The van der Waals surface area contributed by atoms with Gasteiger partial charge in [-0.1, -0.05) is 11.3 Å². The summed E-state index contributed by atoms with van der Waals surface area (Å²) in [6.07, 6.45) is 3.40. The van der Waals surface area contributed by atoms with Crippen LogP contribution in [0, 0.1) is 17.0 Å². The summed E-state index contributed by atoms with van der Waals surface area (Å²) in [4.78, 5) is 35.3. The van der Waals surface area contributed by atoms with Crippen LogP contribution in [0.15, 0.2) is 29.1 Å². The molecule has 1 N–H and O–H groups in total. The van der Waals surface area contributed by atoms with Gasteiger partial charge in [-0.25, -0.2) is 14.2 Å². The molecule has 162 valence electrons. The van der Waals surface area contributed by atoms with Gasteiger partial charge in [0.1, 0.15) is 5.82 Å². The highest BCUT2D eigenvalue weighted by atomic mass is 16.6. The molecular formula is C19H22N8O4. The number of amides is 1. The predicted molar refractivity (Wildman–Crippen MR) is 109 cm³/mol. The van der Waals surface area contributed by atoms with Crippen molar-refractivity contribution in [3.63, 3.8) is 0 Å². The van der Waals surface area contributed by atoms with Gasteiger partial charge in [-0.2, -0.15) is 5.10 Å². The lowest BCUT2D eigenvalue weighted by Gasteiger charge is -2.09. The van der Waals surface area contributed by atoms with E-state index in [1.54, 1.807) is 23.6 Å². The molecule has 12 heteroatoms. The fraction of sp³-hybridized carbons (Fsp3) is 0.421. The van der Waals surface area contributed by atoms with Gasteiger partial charge in [0.15, 0.2) is 5.69 Å². The molecule has 0 unspecified atom stereocenters. The number of nitrogens with one attached hydrogen (secondary N) is 1. The van der Waals surface area contributed by atoms with Gasteiger partial charge >= 0.3 is 5.69 Å². The molecule has 4 rings (SSSR count). The summed E-state index contributed by atoms with van der Waals surface area (Å²) in [5.41, 5.74) is 0.880. The quantitative estimate of drug-likeness (QED) is 0.337. The highest BCUT2D eigenvalue weighted by Gasteiger charge is 2.19. The van der Waals surface area contributed by atoms with Crippen LogP contribution in [0.3, 0.4) is 0 Å². The summed E-state index contributed by atoms with van der Waals surface area (Å²) in [5.74, 6) is 0.430. The number of aryl methyl sites for hydroxylation is 2. The van der Waals surface area contributed by atoms with E-state index in [2.05, 4.69) is 20.7 Å². The average Bonchev–Trinajstić information content (AvgIpc) is 3.31. The van der Waals surface area contributed by atoms with Gasteiger partial charge in [-0.15, -0.1) is 5.10 Å². The third-order valence-electron chi connectivity index (χ3n) is 5.26. The Morgan fingerprint density at radius 3 is 2.94 bits per heavy atom. The van der Waals surface area contributed by atoms with Gasteiger partial charge in [0.05, 0.1) is 16.3 Å². The molecule has 1 aromatic carbocycles. The molecule has 0 bridgehead atoms. The van der Waals surface area contributed by atoms with Crippen LogP contribution >= 0.6 is 0 Å². The highest BCUT2D eigenvalue weighted by molar-refractivity contribution is 5.93. The van der Waals surface area contributed by atoms with E-state index in [0.717, 1.165) is 25.1 Å². The minimum atomic E-state index is -0.495. The molecule has 1 aliphatic heterocycles. The first kappa shape index (κ1) is 20.4. The number of hydrogen-bond acceptors (Lipinski definition) is 7. The normalized spacial score (nSPS) is 13.1. The van der Waals surface area contributed by atoms with Crippen molar-refractivity contribution in [1.29, 1.82) is 0 Å². The second-order valence-electron chi connectivity index (χ2n) is 7.35. The third kappa shape index (κ3) is 4.09. The van der Waals surface area contributed by atoms with Crippen molar-refractivity contribution < 1.29 is 9.72 Å². The van der Waals surface area contributed by atoms with Crippen LogP contribution in [0.4, 0.5) is 5.69 Å². The Morgan fingerprint density at radius 2 is 2.16 bits per heavy atom. The van der Waals surface area contributed by atoms with Crippen LogP contribution in [0.25, 0.3) is 5.69 Å². The number of hydrogen-bond donors (Lipinski definition) is 1. The first-order chi connectivity index (χ1) is 15.0. The number of fused-ring (bicyclic) bond motifs is 1. The lowest BCUT2D eigenvalue weighted by Crippen LogP contribution is -2.29. The van der Waals surface area contributed by atoms with Crippen LogP contribution in [0.2, 0.25) is 0 Å². The second-order valence-corrected chi connectivity index (χ2v) is 7.35. The molecule has 1 aliphatic rings. The van der Waals surface area contributed by atoms with E-state index >= 15 is 0 Å². The maximum atomic E-state index is 12.5. The summed E-state index contributed by atoms with van der Waals surface area (Å²) >= 11 is 0. The Balaban J connectivity index is 1.37. The summed E-state index contributed by atoms with van der Waals surface area (Å²) in [6, 6.07) is 5.94. The number of benzene rings is 1. The molecule has 3 aromatic rings. The Morgan fingerprint density at radius 1 is 1.32 bits per heavy atom. The maximum Gasteiger partial charge on any atom is 0.345 e. The van der Waals surface area contributed by atoms with Crippen molar-refractivity contribution in [2.45, 2.75) is 45.7 Å². The number of non-ortho nitro benzene ring substituents is 1. The zero-order chi connectivity index (χ0) is 22.0. The van der Waals surface area contributed by atoms with E-state index in [4.69, 9.17) is 0 Å². The zero-order valence-corrected chi connectivity index (χ0v) is 17.0. The van der Waals surface area contributed by atoms with Gasteiger partial charge in [-0.05, 0) is 32.3 Å². The minimum Gasteiger partial charge on any atom is -0.351 e. The molecule has 12 nitrogen and oxygen atoms in total.